The van der Waals surface area contributed by atoms with E-state index in [1.54, 1.807) is 6.20 Å². The molecule has 0 amide bonds. The zero-order valence-electron chi connectivity index (χ0n) is 5.71. The van der Waals surface area contributed by atoms with Crippen LogP contribution in [-0.4, -0.2) is 4.98 Å². The van der Waals surface area contributed by atoms with Gasteiger partial charge in [0.05, 0.1) is 0 Å². The largest absolute Gasteiger partial charge is 0.383 e. The number of alkyl halides is 1. The quantitative estimate of drug-likeness (QED) is 0.706. The highest BCUT2D eigenvalue weighted by Gasteiger charge is 2.03. The van der Waals surface area contributed by atoms with E-state index >= 15 is 0 Å². The summed E-state index contributed by atoms with van der Waals surface area (Å²) in [6, 6.07) is 3.84. The Bertz CT molecular complexity index is 223. The number of hydrogen-bond donors (Lipinski definition) is 1. The van der Waals surface area contributed by atoms with E-state index in [1.165, 1.54) is 0 Å². The fourth-order valence-electron chi connectivity index (χ4n) is 0.766. The number of pyridine rings is 1. The summed E-state index contributed by atoms with van der Waals surface area (Å²) in [6.07, 6.45) is 1.69. The van der Waals surface area contributed by atoms with Crippen LogP contribution in [0.4, 0.5) is 5.82 Å². The SMILES string of the molecule is C[C@@H](Br)c1cccnc1N. The Kier molecular flexibility index (Phi) is 2.27. The van der Waals surface area contributed by atoms with Gasteiger partial charge in [-0.3, -0.25) is 0 Å². The molecular weight excluding hydrogens is 192 g/mol. The first-order chi connectivity index (χ1) is 4.72. The number of halogens is 1. The van der Waals surface area contributed by atoms with Gasteiger partial charge >= 0.3 is 0 Å². The summed E-state index contributed by atoms with van der Waals surface area (Å²) < 4.78 is 0. The molecule has 54 valence electrons. The highest BCUT2D eigenvalue weighted by molar-refractivity contribution is 9.09. The predicted molar refractivity (Wildman–Crippen MR) is 46.0 cm³/mol. The van der Waals surface area contributed by atoms with E-state index in [9.17, 15) is 0 Å². The summed E-state index contributed by atoms with van der Waals surface area (Å²) in [7, 11) is 0. The minimum atomic E-state index is 0.279. The van der Waals surface area contributed by atoms with Crippen molar-refractivity contribution >= 4 is 21.7 Å². The average molecular weight is 201 g/mol. The Morgan fingerprint density at radius 2 is 2.40 bits per heavy atom. The van der Waals surface area contributed by atoms with Gasteiger partial charge in [0.2, 0.25) is 0 Å². The number of rotatable bonds is 1. The minimum absolute atomic E-state index is 0.279. The van der Waals surface area contributed by atoms with Crippen molar-refractivity contribution in [2.75, 3.05) is 5.73 Å². The minimum Gasteiger partial charge on any atom is -0.383 e. The molecule has 1 atom stereocenters. The Hall–Kier alpha value is -0.570. The molecule has 1 rings (SSSR count). The van der Waals surface area contributed by atoms with Gasteiger partial charge in [-0.05, 0) is 13.0 Å². The molecule has 0 fully saturated rings. The lowest BCUT2D eigenvalue weighted by molar-refractivity contribution is 1.10. The zero-order valence-corrected chi connectivity index (χ0v) is 7.30. The summed E-state index contributed by atoms with van der Waals surface area (Å²) in [5.74, 6) is 0.604. The van der Waals surface area contributed by atoms with E-state index < -0.39 is 0 Å². The molecule has 0 spiro atoms. The number of nitrogen functional groups attached to an aromatic ring is 1. The maximum atomic E-state index is 5.58. The second-order valence-electron chi connectivity index (χ2n) is 2.09. The van der Waals surface area contributed by atoms with Crippen molar-refractivity contribution in [1.29, 1.82) is 0 Å². The average Bonchev–Trinajstić information content (AvgIpc) is 1.88. The Morgan fingerprint density at radius 1 is 1.70 bits per heavy atom. The smallest absolute Gasteiger partial charge is 0.127 e. The number of nitrogens with zero attached hydrogens (tertiary/aromatic N) is 1. The van der Waals surface area contributed by atoms with Crippen molar-refractivity contribution in [3.8, 4) is 0 Å². The van der Waals surface area contributed by atoms with Crippen LogP contribution in [0.1, 0.15) is 17.3 Å². The van der Waals surface area contributed by atoms with Crippen LogP contribution in [0, 0.1) is 0 Å². The Labute approximate surface area is 68.6 Å². The lowest BCUT2D eigenvalue weighted by Gasteiger charge is -2.04. The molecular formula is C7H9BrN2. The molecule has 10 heavy (non-hydrogen) atoms. The van der Waals surface area contributed by atoms with Gasteiger partial charge in [-0.1, -0.05) is 22.0 Å². The van der Waals surface area contributed by atoms with Crippen LogP contribution in [0.2, 0.25) is 0 Å². The molecule has 0 saturated carbocycles. The molecule has 2 nitrogen and oxygen atoms in total. The molecule has 0 radical (unpaired) electrons. The molecule has 3 heteroatoms. The summed E-state index contributed by atoms with van der Waals surface area (Å²) in [4.78, 5) is 4.23. The van der Waals surface area contributed by atoms with Gasteiger partial charge in [0.1, 0.15) is 5.82 Å². The third-order valence-corrected chi connectivity index (χ3v) is 1.79. The van der Waals surface area contributed by atoms with E-state index in [0.29, 0.717) is 5.82 Å². The topological polar surface area (TPSA) is 38.9 Å². The molecule has 1 heterocycles. The lowest BCUT2D eigenvalue weighted by atomic mass is 10.2. The first-order valence-corrected chi connectivity index (χ1v) is 3.98. The molecule has 0 bridgehead atoms. The summed E-state index contributed by atoms with van der Waals surface area (Å²) >= 11 is 3.41. The van der Waals surface area contributed by atoms with Crippen LogP contribution in [0.15, 0.2) is 18.3 Å². The van der Waals surface area contributed by atoms with Gasteiger partial charge in [0, 0.05) is 16.6 Å². The van der Waals surface area contributed by atoms with Crippen LogP contribution < -0.4 is 5.73 Å². The normalized spacial score (nSPS) is 13.0. The summed E-state index contributed by atoms with van der Waals surface area (Å²) in [5.41, 5.74) is 6.62. The highest BCUT2D eigenvalue weighted by atomic mass is 79.9. The van der Waals surface area contributed by atoms with Gasteiger partial charge in [-0.15, -0.1) is 0 Å². The monoisotopic (exact) mass is 200 g/mol. The molecule has 0 aliphatic rings. The standard InChI is InChI=1S/C7H9BrN2/c1-5(8)6-3-2-4-10-7(6)9/h2-5H,1H3,(H2,9,10)/t5-/m1/s1. The first-order valence-electron chi connectivity index (χ1n) is 3.06. The molecule has 2 N–H and O–H groups in total. The van der Waals surface area contributed by atoms with E-state index in [1.807, 2.05) is 19.1 Å². The third-order valence-electron chi connectivity index (χ3n) is 1.30. The number of anilines is 1. The second kappa shape index (κ2) is 3.01. The molecule has 0 saturated heterocycles. The van der Waals surface area contributed by atoms with Gasteiger partial charge in [0.15, 0.2) is 0 Å². The zero-order chi connectivity index (χ0) is 7.56. The van der Waals surface area contributed by atoms with Crippen LogP contribution in [0.25, 0.3) is 0 Å². The molecule has 0 unspecified atom stereocenters. The van der Waals surface area contributed by atoms with Crippen LogP contribution in [-0.2, 0) is 0 Å². The van der Waals surface area contributed by atoms with Crippen LogP contribution >= 0.6 is 15.9 Å². The van der Waals surface area contributed by atoms with Crippen LogP contribution in [0.3, 0.4) is 0 Å². The van der Waals surface area contributed by atoms with E-state index in [4.69, 9.17) is 5.73 Å². The number of hydrogen-bond acceptors (Lipinski definition) is 2. The van der Waals surface area contributed by atoms with Crippen LogP contribution in [0.5, 0.6) is 0 Å². The van der Waals surface area contributed by atoms with Crippen molar-refractivity contribution in [1.82, 2.24) is 4.98 Å². The first kappa shape index (κ1) is 7.54. The summed E-state index contributed by atoms with van der Waals surface area (Å²) in [5, 5.41) is 0. The second-order valence-corrected chi connectivity index (χ2v) is 3.47. The fraction of sp³-hybridized carbons (Fsp3) is 0.286. The van der Waals surface area contributed by atoms with E-state index in [-0.39, 0.29) is 4.83 Å². The van der Waals surface area contributed by atoms with Crippen molar-refractivity contribution in [3.63, 3.8) is 0 Å². The maximum absolute atomic E-state index is 5.58. The van der Waals surface area contributed by atoms with Crippen molar-refractivity contribution < 1.29 is 0 Å². The molecule has 1 aromatic heterocycles. The lowest BCUT2D eigenvalue weighted by Crippen LogP contribution is -1.96. The summed E-state index contributed by atoms with van der Waals surface area (Å²) in [6.45, 7) is 2.02. The maximum Gasteiger partial charge on any atom is 0.127 e. The number of aromatic nitrogens is 1. The Morgan fingerprint density at radius 3 is 2.80 bits per heavy atom. The van der Waals surface area contributed by atoms with E-state index in [2.05, 4.69) is 20.9 Å². The van der Waals surface area contributed by atoms with Gasteiger partial charge < -0.3 is 5.73 Å². The molecule has 1 aromatic rings. The molecule has 0 aromatic carbocycles. The Balaban J connectivity index is 3.03. The van der Waals surface area contributed by atoms with Crippen molar-refractivity contribution in [2.45, 2.75) is 11.8 Å². The predicted octanol–water partition coefficient (Wildman–Crippen LogP) is 2.12. The van der Waals surface area contributed by atoms with Gasteiger partial charge in [-0.25, -0.2) is 4.98 Å². The van der Waals surface area contributed by atoms with Crippen molar-refractivity contribution in [3.05, 3.63) is 23.9 Å². The molecule has 0 aliphatic heterocycles. The third kappa shape index (κ3) is 1.48. The van der Waals surface area contributed by atoms with Gasteiger partial charge in [-0.2, -0.15) is 0 Å². The van der Waals surface area contributed by atoms with E-state index in [0.717, 1.165) is 5.56 Å². The van der Waals surface area contributed by atoms with Gasteiger partial charge in [0.25, 0.3) is 0 Å². The number of nitrogens with two attached hydrogens (primary N) is 1. The fourth-order valence-corrected chi connectivity index (χ4v) is 1.15. The highest BCUT2D eigenvalue weighted by Crippen LogP contribution is 2.24. The molecule has 0 aliphatic carbocycles. The van der Waals surface area contributed by atoms with Crippen molar-refractivity contribution in [2.24, 2.45) is 0 Å².